The number of nitrogens with zero attached hydrogens (tertiary/aromatic N) is 2. The molecule has 0 aliphatic heterocycles. The van der Waals surface area contributed by atoms with Crippen molar-refractivity contribution in [1.29, 1.82) is 0 Å². The summed E-state index contributed by atoms with van der Waals surface area (Å²) in [6, 6.07) is 3.98. The van der Waals surface area contributed by atoms with E-state index in [1.54, 1.807) is 6.20 Å². The van der Waals surface area contributed by atoms with Crippen LogP contribution in [-0.4, -0.2) is 26.4 Å². The summed E-state index contributed by atoms with van der Waals surface area (Å²) >= 11 is 0. The van der Waals surface area contributed by atoms with E-state index in [1.807, 2.05) is 19.1 Å². The lowest BCUT2D eigenvalue weighted by atomic mass is 10.1. The number of rotatable bonds is 5. The molecule has 0 amide bonds. The van der Waals surface area contributed by atoms with Crippen LogP contribution in [0, 0.1) is 0 Å². The summed E-state index contributed by atoms with van der Waals surface area (Å²) in [5, 5.41) is 17.0. The van der Waals surface area contributed by atoms with Crippen molar-refractivity contribution in [2.75, 3.05) is 0 Å². The number of fused-ring (bicyclic) bond motifs is 1. The molecule has 0 radical (unpaired) electrons. The molecule has 2 heterocycles. The van der Waals surface area contributed by atoms with Crippen molar-refractivity contribution in [3.05, 3.63) is 24.0 Å². The van der Waals surface area contributed by atoms with Gasteiger partial charge in [0.25, 0.3) is 0 Å². The molecule has 2 rings (SSSR count). The normalized spacial score (nSPS) is 13.1. The third-order valence-corrected chi connectivity index (χ3v) is 2.67. The molecule has 86 valence electrons. The van der Waals surface area contributed by atoms with Crippen LogP contribution in [-0.2, 0) is 6.42 Å². The van der Waals surface area contributed by atoms with Gasteiger partial charge in [-0.15, -0.1) is 5.10 Å². The summed E-state index contributed by atoms with van der Waals surface area (Å²) in [5.74, 6) is 0. The number of aliphatic hydroxyl groups is 1. The van der Waals surface area contributed by atoms with Crippen LogP contribution in [0.3, 0.4) is 0 Å². The fourth-order valence-corrected chi connectivity index (χ4v) is 1.82. The molecule has 0 saturated heterocycles. The van der Waals surface area contributed by atoms with Gasteiger partial charge in [-0.3, -0.25) is 0 Å². The Labute approximate surface area is 94.7 Å². The van der Waals surface area contributed by atoms with Crippen molar-refractivity contribution in [2.45, 2.75) is 38.7 Å². The highest BCUT2D eigenvalue weighted by Gasteiger charge is 2.02. The highest BCUT2D eigenvalue weighted by atomic mass is 16.3. The predicted octanol–water partition coefficient (Wildman–Crippen LogP) is 2.05. The molecule has 0 aromatic carbocycles. The predicted molar refractivity (Wildman–Crippen MR) is 63.1 cm³/mol. The fourth-order valence-electron chi connectivity index (χ4n) is 1.82. The summed E-state index contributed by atoms with van der Waals surface area (Å²) in [6.45, 7) is 1.83. The second-order valence-electron chi connectivity index (χ2n) is 4.22. The van der Waals surface area contributed by atoms with Gasteiger partial charge in [-0.1, -0.05) is 6.42 Å². The van der Waals surface area contributed by atoms with E-state index in [-0.39, 0.29) is 6.10 Å². The van der Waals surface area contributed by atoms with Crippen LogP contribution in [0.2, 0.25) is 0 Å². The topological polar surface area (TPSA) is 61.8 Å². The van der Waals surface area contributed by atoms with Crippen LogP contribution < -0.4 is 0 Å². The van der Waals surface area contributed by atoms with Gasteiger partial charge < -0.3 is 10.1 Å². The van der Waals surface area contributed by atoms with E-state index in [0.29, 0.717) is 0 Å². The van der Waals surface area contributed by atoms with Gasteiger partial charge in [0.15, 0.2) is 0 Å². The molecule has 4 heteroatoms. The van der Waals surface area contributed by atoms with Crippen LogP contribution in [0.4, 0.5) is 0 Å². The van der Waals surface area contributed by atoms with Gasteiger partial charge in [0.05, 0.1) is 17.8 Å². The Hall–Kier alpha value is -1.42. The minimum atomic E-state index is -0.186. The monoisotopic (exact) mass is 219 g/mol. The Morgan fingerprint density at radius 1 is 1.44 bits per heavy atom. The summed E-state index contributed by atoms with van der Waals surface area (Å²) in [4.78, 5) is 3.32. The Kier molecular flexibility index (Phi) is 3.51. The van der Waals surface area contributed by atoms with E-state index in [9.17, 15) is 0 Å². The van der Waals surface area contributed by atoms with Crippen LogP contribution in [0.25, 0.3) is 11.0 Å². The molecule has 0 saturated carbocycles. The molecule has 1 unspecified atom stereocenters. The van der Waals surface area contributed by atoms with Gasteiger partial charge in [0.1, 0.15) is 5.52 Å². The number of aromatic amines is 1. The summed E-state index contributed by atoms with van der Waals surface area (Å²) < 4.78 is 0. The van der Waals surface area contributed by atoms with Crippen LogP contribution in [0.5, 0.6) is 0 Å². The maximum Gasteiger partial charge on any atom is 0.111 e. The highest BCUT2D eigenvalue weighted by molar-refractivity contribution is 5.74. The number of unbranched alkanes of at least 4 members (excludes halogenated alkanes) is 1. The Bertz CT molecular complexity index is 417. The smallest absolute Gasteiger partial charge is 0.111 e. The van der Waals surface area contributed by atoms with Crippen molar-refractivity contribution in [2.24, 2.45) is 0 Å². The number of aromatic nitrogens is 3. The molecule has 0 spiro atoms. The molecule has 2 aromatic rings. The summed E-state index contributed by atoms with van der Waals surface area (Å²) in [5.41, 5.74) is 3.16. The maximum absolute atomic E-state index is 9.14. The highest BCUT2D eigenvalue weighted by Crippen LogP contribution is 2.13. The first-order valence-corrected chi connectivity index (χ1v) is 5.73. The van der Waals surface area contributed by atoms with Crippen molar-refractivity contribution < 1.29 is 5.11 Å². The molecule has 0 fully saturated rings. The third kappa shape index (κ3) is 2.79. The zero-order valence-corrected chi connectivity index (χ0v) is 9.48. The second kappa shape index (κ2) is 5.07. The van der Waals surface area contributed by atoms with Crippen molar-refractivity contribution in [3.8, 4) is 0 Å². The summed E-state index contributed by atoms with van der Waals surface area (Å²) in [7, 11) is 0. The number of hydrogen-bond donors (Lipinski definition) is 2. The van der Waals surface area contributed by atoms with Crippen LogP contribution in [0.15, 0.2) is 18.3 Å². The first kappa shape index (κ1) is 11.1. The molecule has 1 atom stereocenters. The number of aliphatic hydroxyl groups excluding tert-OH is 1. The zero-order valence-electron chi connectivity index (χ0n) is 9.48. The Balaban J connectivity index is 1.89. The van der Waals surface area contributed by atoms with E-state index in [1.165, 1.54) is 5.69 Å². The number of nitrogens with one attached hydrogen (secondary N) is 1. The minimum Gasteiger partial charge on any atom is -0.393 e. The van der Waals surface area contributed by atoms with Gasteiger partial charge in [-0.2, -0.15) is 5.10 Å². The average Bonchev–Trinajstić information content (AvgIpc) is 2.66. The zero-order chi connectivity index (χ0) is 11.4. The number of H-pyrrole nitrogens is 1. The minimum absolute atomic E-state index is 0.186. The lowest BCUT2D eigenvalue weighted by Crippen LogP contribution is -1.98. The molecule has 2 N–H and O–H groups in total. The van der Waals surface area contributed by atoms with E-state index in [0.717, 1.165) is 36.7 Å². The molecule has 4 nitrogen and oxygen atoms in total. The van der Waals surface area contributed by atoms with E-state index >= 15 is 0 Å². The van der Waals surface area contributed by atoms with E-state index in [4.69, 9.17) is 5.11 Å². The second-order valence-corrected chi connectivity index (χ2v) is 4.22. The molecule has 2 aromatic heterocycles. The summed E-state index contributed by atoms with van der Waals surface area (Å²) in [6.07, 6.45) is 5.52. The van der Waals surface area contributed by atoms with Gasteiger partial charge in [0.2, 0.25) is 0 Å². The molecular weight excluding hydrogens is 202 g/mol. The first-order chi connectivity index (χ1) is 7.75. The third-order valence-electron chi connectivity index (χ3n) is 2.67. The molecule has 16 heavy (non-hydrogen) atoms. The quantitative estimate of drug-likeness (QED) is 0.756. The van der Waals surface area contributed by atoms with Gasteiger partial charge in [-0.05, 0) is 38.3 Å². The van der Waals surface area contributed by atoms with Gasteiger partial charge in [0, 0.05) is 5.69 Å². The number of aryl methyl sites for hydroxylation is 1. The maximum atomic E-state index is 9.14. The number of hydrogen-bond acceptors (Lipinski definition) is 3. The fraction of sp³-hybridized carbons (Fsp3) is 0.500. The standard InChI is InChI=1S/C12H17N3O/c1-9(16)4-2-3-5-10-8-12-11(14-10)6-7-13-15-12/h6-9,14,16H,2-5H2,1H3. The van der Waals surface area contributed by atoms with Crippen LogP contribution >= 0.6 is 0 Å². The Morgan fingerprint density at radius 2 is 2.31 bits per heavy atom. The van der Waals surface area contributed by atoms with Gasteiger partial charge >= 0.3 is 0 Å². The lowest BCUT2D eigenvalue weighted by molar-refractivity contribution is 0.180. The molecule has 0 aliphatic carbocycles. The Morgan fingerprint density at radius 3 is 3.06 bits per heavy atom. The van der Waals surface area contributed by atoms with E-state index < -0.39 is 0 Å². The lowest BCUT2D eigenvalue weighted by Gasteiger charge is -2.02. The molecular formula is C12H17N3O. The van der Waals surface area contributed by atoms with Gasteiger partial charge in [-0.25, -0.2) is 0 Å². The SMILES string of the molecule is CC(O)CCCCc1cc2nnccc2[nH]1. The van der Waals surface area contributed by atoms with Crippen molar-refractivity contribution in [1.82, 2.24) is 15.2 Å². The largest absolute Gasteiger partial charge is 0.393 e. The van der Waals surface area contributed by atoms with Crippen molar-refractivity contribution in [3.63, 3.8) is 0 Å². The van der Waals surface area contributed by atoms with Crippen LogP contribution in [0.1, 0.15) is 31.9 Å². The average molecular weight is 219 g/mol. The molecule has 0 aliphatic rings. The molecule has 0 bridgehead atoms. The first-order valence-electron chi connectivity index (χ1n) is 5.73. The van der Waals surface area contributed by atoms with E-state index in [2.05, 4.69) is 15.2 Å². The van der Waals surface area contributed by atoms with Crippen molar-refractivity contribution >= 4 is 11.0 Å².